The van der Waals surface area contributed by atoms with Crippen molar-refractivity contribution in [3.05, 3.63) is 192 Å². The van der Waals surface area contributed by atoms with Crippen molar-refractivity contribution in [2.75, 3.05) is 0 Å². The van der Waals surface area contributed by atoms with Crippen LogP contribution in [-0.2, 0) is 5.41 Å². The van der Waals surface area contributed by atoms with E-state index in [1.165, 1.54) is 66.1 Å². The molecule has 9 aromatic rings. The molecule has 0 amide bonds. The molecular formula is C47H28N2. The summed E-state index contributed by atoms with van der Waals surface area (Å²) in [5, 5.41) is 6.02. The van der Waals surface area contributed by atoms with E-state index < -0.39 is 5.41 Å². The summed E-state index contributed by atoms with van der Waals surface area (Å²) in [6.45, 7) is 0. The highest BCUT2D eigenvalue weighted by Crippen LogP contribution is 2.64. The van der Waals surface area contributed by atoms with Crippen LogP contribution in [0.3, 0.4) is 0 Å². The van der Waals surface area contributed by atoms with Gasteiger partial charge in [0.1, 0.15) is 0 Å². The minimum absolute atomic E-state index is 0.411. The summed E-state index contributed by atoms with van der Waals surface area (Å²) >= 11 is 0. The van der Waals surface area contributed by atoms with Gasteiger partial charge in [0.05, 0.1) is 16.6 Å². The zero-order chi connectivity index (χ0) is 32.1. The summed E-state index contributed by atoms with van der Waals surface area (Å²) in [7, 11) is 0. The third kappa shape index (κ3) is 3.55. The Morgan fingerprint density at radius 1 is 0.367 bits per heavy atom. The highest BCUT2D eigenvalue weighted by atomic mass is 14.9. The van der Waals surface area contributed by atoms with Gasteiger partial charge in [-0.2, -0.15) is 0 Å². The maximum Gasteiger partial charge on any atom is 0.160 e. The quantitative estimate of drug-likeness (QED) is 0.192. The Bertz CT molecular complexity index is 2790. The predicted octanol–water partition coefficient (Wildman–Crippen LogP) is 11.6. The molecule has 0 aliphatic heterocycles. The zero-order valence-corrected chi connectivity index (χ0v) is 26.6. The van der Waals surface area contributed by atoms with Crippen LogP contribution in [0.25, 0.3) is 77.3 Å². The van der Waals surface area contributed by atoms with Gasteiger partial charge in [-0.05, 0) is 90.3 Å². The number of para-hydroxylation sites is 1. The molecule has 2 heteroatoms. The van der Waals surface area contributed by atoms with Crippen molar-refractivity contribution in [3.8, 4) is 44.9 Å². The Kier molecular flexibility index (Phi) is 5.34. The Morgan fingerprint density at radius 3 is 1.86 bits per heavy atom. The third-order valence-electron chi connectivity index (χ3n) is 10.8. The molecule has 2 aliphatic rings. The number of hydrogen-bond acceptors (Lipinski definition) is 2. The first kappa shape index (κ1) is 26.7. The lowest BCUT2D eigenvalue weighted by Gasteiger charge is -2.30. The monoisotopic (exact) mass is 620 g/mol. The highest BCUT2D eigenvalue weighted by Gasteiger charge is 2.52. The first-order valence-corrected chi connectivity index (χ1v) is 16.9. The van der Waals surface area contributed by atoms with Gasteiger partial charge < -0.3 is 0 Å². The van der Waals surface area contributed by atoms with Gasteiger partial charge in [-0.3, -0.25) is 0 Å². The molecule has 226 valence electrons. The average molecular weight is 621 g/mol. The van der Waals surface area contributed by atoms with E-state index in [0.29, 0.717) is 0 Å². The van der Waals surface area contributed by atoms with Crippen LogP contribution in [-0.4, -0.2) is 9.97 Å². The van der Waals surface area contributed by atoms with Crippen LogP contribution in [0.2, 0.25) is 0 Å². The van der Waals surface area contributed by atoms with Gasteiger partial charge in [-0.15, -0.1) is 0 Å². The van der Waals surface area contributed by atoms with Crippen molar-refractivity contribution in [1.29, 1.82) is 0 Å². The van der Waals surface area contributed by atoms with Crippen LogP contribution in [0.15, 0.2) is 170 Å². The van der Waals surface area contributed by atoms with E-state index in [1.807, 2.05) is 6.07 Å². The molecule has 0 radical (unpaired) electrons. The highest BCUT2D eigenvalue weighted by molar-refractivity contribution is 6.09. The molecule has 0 N–H and O–H groups in total. The van der Waals surface area contributed by atoms with E-state index in [9.17, 15) is 0 Å². The van der Waals surface area contributed by atoms with E-state index >= 15 is 0 Å². The van der Waals surface area contributed by atoms with Crippen molar-refractivity contribution in [2.24, 2.45) is 0 Å². The number of nitrogens with zero attached hydrogens (tertiary/aromatic N) is 2. The lowest BCUT2D eigenvalue weighted by atomic mass is 9.70. The van der Waals surface area contributed by atoms with Gasteiger partial charge in [0.25, 0.3) is 0 Å². The summed E-state index contributed by atoms with van der Waals surface area (Å²) in [5.41, 5.74) is 14.3. The second kappa shape index (κ2) is 9.82. The molecule has 11 rings (SSSR count). The lowest BCUT2D eigenvalue weighted by Crippen LogP contribution is -2.25. The van der Waals surface area contributed by atoms with Crippen molar-refractivity contribution in [3.63, 3.8) is 0 Å². The molecule has 0 saturated carbocycles. The summed E-state index contributed by atoms with van der Waals surface area (Å²) in [6, 6.07) is 61.9. The fourth-order valence-corrected chi connectivity index (χ4v) is 8.81. The fourth-order valence-electron chi connectivity index (χ4n) is 8.81. The van der Waals surface area contributed by atoms with E-state index in [2.05, 4.69) is 164 Å². The summed E-state index contributed by atoms with van der Waals surface area (Å²) in [5.74, 6) is 0.737. The molecule has 0 fully saturated rings. The van der Waals surface area contributed by atoms with E-state index in [1.54, 1.807) is 0 Å². The summed E-state index contributed by atoms with van der Waals surface area (Å²) < 4.78 is 0. The van der Waals surface area contributed by atoms with Crippen molar-refractivity contribution in [2.45, 2.75) is 5.41 Å². The molecule has 8 aromatic carbocycles. The first-order chi connectivity index (χ1) is 24.3. The number of hydrogen-bond donors (Lipinski definition) is 0. The van der Waals surface area contributed by atoms with Crippen LogP contribution in [0, 0.1) is 0 Å². The molecule has 1 spiro atoms. The molecule has 1 aromatic heterocycles. The molecule has 0 saturated heterocycles. The first-order valence-electron chi connectivity index (χ1n) is 16.9. The van der Waals surface area contributed by atoms with Gasteiger partial charge in [0, 0.05) is 16.5 Å². The Labute approximate surface area is 284 Å². The minimum Gasteiger partial charge on any atom is -0.228 e. The van der Waals surface area contributed by atoms with Gasteiger partial charge >= 0.3 is 0 Å². The Balaban J connectivity index is 1.21. The number of rotatable bonds is 2. The Hall–Kier alpha value is -6.38. The number of benzene rings is 8. The normalized spacial score (nSPS) is 13.5. The molecule has 2 aliphatic carbocycles. The van der Waals surface area contributed by atoms with Crippen LogP contribution >= 0.6 is 0 Å². The van der Waals surface area contributed by atoms with Gasteiger partial charge in [-0.1, -0.05) is 146 Å². The molecule has 0 unspecified atom stereocenters. The van der Waals surface area contributed by atoms with Crippen LogP contribution in [0.5, 0.6) is 0 Å². The van der Waals surface area contributed by atoms with Crippen LogP contribution < -0.4 is 0 Å². The van der Waals surface area contributed by atoms with Gasteiger partial charge in [0.15, 0.2) is 5.82 Å². The predicted molar refractivity (Wildman–Crippen MR) is 202 cm³/mol. The Morgan fingerprint density at radius 2 is 1.04 bits per heavy atom. The molecule has 0 atom stereocenters. The molecule has 0 bridgehead atoms. The SMILES string of the molecule is c1ccc(-c2nc(-c3ccc4cc5c(cc4c3)C3(c4ccccc4-c4ccccc43)c3ccc4ccccc4c3-5)nc3ccccc23)cc1. The molecule has 2 nitrogen and oxygen atoms in total. The maximum absolute atomic E-state index is 5.21. The molecule has 1 heterocycles. The second-order valence-electron chi connectivity index (χ2n) is 13.3. The topological polar surface area (TPSA) is 25.8 Å². The van der Waals surface area contributed by atoms with Crippen molar-refractivity contribution in [1.82, 2.24) is 9.97 Å². The smallest absolute Gasteiger partial charge is 0.160 e. The number of fused-ring (bicyclic) bond motifs is 14. The van der Waals surface area contributed by atoms with E-state index in [-0.39, 0.29) is 0 Å². The number of aromatic nitrogens is 2. The summed E-state index contributed by atoms with van der Waals surface area (Å²) in [6.07, 6.45) is 0. The lowest BCUT2D eigenvalue weighted by molar-refractivity contribution is 0.795. The van der Waals surface area contributed by atoms with Gasteiger partial charge in [-0.25, -0.2) is 9.97 Å². The van der Waals surface area contributed by atoms with Crippen molar-refractivity contribution < 1.29 is 0 Å². The summed E-state index contributed by atoms with van der Waals surface area (Å²) in [4.78, 5) is 10.3. The average Bonchev–Trinajstić information content (AvgIpc) is 3.63. The van der Waals surface area contributed by atoms with Crippen LogP contribution in [0.4, 0.5) is 0 Å². The zero-order valence-electron chi connectivity index (χ0n) is 26.6. The minimum atomic E-state index is -0.411. The largest absolute Gasteiger partial charge is 0.228 e. The van der Waals surface area contributed by atoms with Gasteiger partial charge in [0.2, 0.25) is 0 Å². The molecular weight excluding hydrogens is 593 g/mol. The van der Waals surface area contributed by atoms with Crippen LogP contribution in [0.1, 0.15) is 22.3 Å². The maximum atomic E-state index is 5.21. The fraction of sp³-hybridized carbons (Fsp3) is 0.0213. The molecule has 49 heavy (non-hydrogen) atoms. The van der Waals surface area contributed by atoms with E-state index in [0.717, 1.165) is 33.5 Å². The van der Waals surface area contributed by atoms with E-state index in [4.69, 9.17) is 9.97 Å². The third-order valence-corrected chi connectivity index (χ3v) is 10.8. The second-order valence-corrected chi connectivity index (χ2v) is 13.3. The van der Waals surface area contributed by atoms with Crippen molar-refractivity contribution >= 4 is 32.4 Å². The standard InChI is InChI=1S/C47H28N2/c1-2-13-30(14-3-1)45-37-18-8-11-21-43(37)48-46(49-45)32-23-22-31-27-38-42(28-33(31)26-32)47(41-25-24-29-12-4-5-15-34(29)44(38)41)39-19-9-6-16-35(39)36-17-7-10-20-40(36)47/h1-28H.